The van der Waals surface area contributed by atoms with Crippen molar-refractivity contribution in [3.8, 4) is 0 Å². The topological polar surface area (TPSA) is 12.0 Å². The van der Waals surface area contributed by atoms with Gasteiger partial charge in [-0.25, -0.2) is 0 Å². The van der Waals surface area contributed by atoms with Crippen LogP contribution < -0.4 is 5.32 Å². The van der Waals surface area contributed by atoms with Crippen molar-refractivity contribution in [3.05, 3.63) is 29.8 Å². The normalized spacial score (nSPS) is 22.8. The Morgan fingerprint density at radius 2 is 2.21 bits per heavy atom. The van der Waals surface area contributed by atoms with E-state index in [4.69, 9.17) is 0 Å². The Kier molecular flexibility index (Phi) is 6.25. The predicted octanol–water partition coefficient (Wildman–Crippen LogP) is 4.65. The molecule has 1 N–H and O–H groups in total. The standard InChI is InChI=1S/C17H27NS/c1-3-11-18-17-9-5-7-15(17)10-12-19-16-8-4-6-14(2)13-16/h4,6,8,13,15,17-18H,3,5,7,9-12H2,1-2H3. The molecule has 1 aliphatic rings. The van der Waals surface area contributed by atoms with Gasteiger partial charge in [-0.3, -0.25) is 0 Å². The van der Waals surface area contributed by atoms with Crippen LogP contribution in [0.2, 0.25) is 0 Å². The lowest BCUT2D eigenvalue weighted by Crippen LogP contribution is -2.33. The van der Waals surface area contributed by atoms with Crippen LogP contribution in [0.5, 0.6) is 0 Å². The zero-order valence-electron chi connectivity index (χ0n) is 12.3. The first-order valence-corrected chi connectivity index (χ1v) is 8.71. The minimum absolute atomic E-state index is 0.790. The number of thioether (sulfide) groups is 1. The van der Waals surface area contributed by atoms with Gasteiger partial charge in [0.05, 0.1) is 0 Å². The van der Waals surface area contributed by atoms with Gasteiger partial charge in [-0.05, 0) is 63.0 Å². The highest BCUT2D eigenvalue weighted by molar-refractivity contribution is 7.99. The fraction of sp³-hybridized carbons (Fsp3) is 0.647. The van der Waals surface area contributed by atoms with E-state index in [9.17, 15) is 0 Å². The van der Waals surface area contributed by atoms with Crippen molar-refractivity contribution in [3.63, 3.8) is 0 Å². The number of benzene rings is 1. The molecule has 2 atom stereocenters. The van der Waals surface area contributed by atoms with Gasteiger partial charge in [0.2, 0.25) is 0 Å². The van der Waals surface area contributed by atoms with Crippen LogP contribution in [0.1, 0.15) is 44.6 Å². The van der Waals surface area contributed by atoms with Gasteiger partial charge in [-0.2, -0.15) is 0 Å². The van der Waals surface area contributed by atoms with Gasteiger partial charge in [0.1, 0.15) is 0 Å². The lowest BCUT2D eigenvalue weighted by Gasteiger charge is -2.20. The number of hydrogen-bond acceptors (Lipinski definition) is 2. The zero-order valence-corrected chi connectivity index (χ0v) is 13.1. The van der Waals surface area contributed by atoms with Gasteiger partial charge in [-0.1, -0.05) is 31.0 Å². The van der Waals surface area contributed by atoms with Gasteiger partial charge >= 0.3 is 0 Å². The van der Waals surface area contributed by atoms with Gasteiger partial charge in [0, 0.05) is 10.9 Å². The SMILES string of the molecule is CCCNC1CCCC1CCSc1cccc(C)c1. The quantitative estimate of drug-likeness (QED) is 0.728. The molecule has 1 nitrogen and oxygen atoms in total. The Morgan fingerprint density at radius 1 is 1.32 bits per heavy atom. The van der Waals surface area contributed by atoms with Crippen LogP contribution in [0.3, 0.4) is 0 Å². The molecule has 106 valence electrons. The molecule has 2 rings (SSSR count). The molecule has 1 aromatic rings. The minimum atomic E-state index is 0.790. The summed E-state index contributed by atoms with van der Waals surface area (Å²) >= 11 is 2.02. The molecule has 2 unspecified atom stereocenters. The van der Waals surface area contributed by atoms with E-state index in [0.717, 1.165) is 12.0 Å². The fourth-order valence-electron chi connectivity index (χ4n) is 3.01. The fourth-order valence-corrected chi connectivity index (χ4v) is 4.11. The van der Waals surface area contributed by atoms with Crippen LogP contribution in [-0.4, -0.2) is 18.3 Å². The summed E-state index contributed by atoms with van der Waals surface area (Å²) in [4.78, 5) is 1.43. The second-order valence-electron chi connectivity index (χ2n) is 5.71. The third-order valence-electron chi connectivity index (χ3n) is 4.06. The Balaban J connectivity index is 1.72. The average molecular weight is 277 g/mol. The predicted molar refractivity (Wildman–Crippen MR) is 85.9 cm³/mol. The molecule has 0 radical (unpaired) electrons. The third-order valence-corrected chi connectivity index (χ3v) is 5.09. The van der Waals surface area contributed by atoms with Crippen LogP contribution in [0.4, 0.5) is 0 Å². The Bertz CT molecular complexity index is 377. The summed E-state index contributed by atoms with van der Waals surface area (Å²) < 4.78 is 0. The third kappa shape index (κ3) is 4.85. The smallest absolute Gasteiger partial charge is 0.00956 e. The van der Waals surface area contributed by atoms with Gasteiger partial charge in [-0.15, -0.1) is 11.8 Å². The van der Waals surface area contributed by atoms with E-state index < -0.39 is 0 Å². The molecule has 0 aliphatic heterocycles. The summed E-state index contributed by atoms with van der Waals surface area (Å²) in [6.07, 6.45) is 6.85. The number of rotatable bonds is 7. The highest BCUT2D eigenvalue weighted by atomic mass is 32.2. The first-order valence-electron chi connectivity index (χ1n) is 7.72. The van der Waals surface area contributed by atoms with Crippen molar-refractivity contribution < 1.29 is 0 Å². The largest absolute Gasteiger partial charge is 0.314 e. The molecule has 0 aromatic heterocycles. The number of nitrogens with one attached hydrogen (secondary N) is 1. The summed E-state index contributed by atoms with van der Waals surface area (Å²) in [6.45, 7) is 5.61. The Hall–Kier alpha value is -0.470. The molecule has 0 heterocycles. The van der Waals surface area contributed by atoms with Gasteiger partial charge in [0.15, 0.2) is 0 Å². The van der Waals surface area contributed by atoms with Crippen LogP contribution in [0.25, 0.3) is 0 Å². The Labute approximate surface area is 122 Å². The molecule has 0 amide bonds. The van der Waals surface area contributed by atoms with E-state index >= 15 is 0 Å². The summed E-state index contributed by atoms with van der Waals surface area (Å²) in [6, 6.07) is 9.66. The molecule has 2 heteroatoms. The van der Waals surface area contributed by atoms with E-state index in [2.05, 4.69) is 43.4 Å². The van der Waals surface area contributed by atoms with Crippen molar-refractivity contribution in [1.29, 1.82) is 0 Å². The minimum Gasteiger partial charge on any atom is -0.314 e. The van der Waals surface area contributed by atoms with E-state index in [1.54, 1.807) is 0 Å². The molecular weight excluding hydrogens is 250 g/mol. The van der Waals surface area contributed by atoms with E-state index in [-0.39, 0.29) is 0 Å². The maximum Gasteiger partial charge on any atom is 0.00956 e. The monoisotopic (exact) mass is 277 g/mol. The Morgan fingerprint density at radius 3 is 3.00 bits per heavy atom. The lowest BCUT2D eigenvalue weighted by molar-refractivity contribution is 0.393. The number of aryl methyl sites for hydroxylation is 1. The van der Waals surface area contributed by atoms with Crippen molar-refractivity contribution in [2.75, 3.05) is 12.3 Å². The molecule has 0 bridgehead atoms. The molecule has 1 saturated carbocycles. The van der Waals surface area contributed by atoms with E-state index in [1.807, 2.05) is 11.8 Å². The van der Waals surface area contributed by atoms with Crippen LogP contribution in [0, 0.1) is 12.8 Å². The zero-order chi connectivity index (χ0) is 13.5. The van der Waals surface area contributed by atoms with Crippen LogP contribution >= 0.6 is 11.8 Å². The molecule has 19 heavy (non-hydrogen) atoms. The summed E-state index contributed by atoms with van der Waals surface area (Å²) in [5.41, 5.74) is 1.37. The lowest BCUT2D eigenvalue weighted by atomic mass is 10.0. The number of hydrogen-bond donors (Lipinski definition) is 1. The molecule has 1 aromatic carbocycles. The molecule has 0 spiro atoms. The highest BCUT2D eigenvalue weighted by Gasteiger charge is 2.25. The second kappa shape index (κ2) is 7.96. The van der Waals surface area contributed by atoms with Gasteiger partial charge < -0.3 is 5.32 Å². The van der Waals surface area contributed by atoms with Crippen molar-refractivity contribution in [2.24, 2.45) is 5.92 Å². The summed E-state index contributed by atoms with van der Waals surface area (Å²) in [5, 5.41) is 3.73. The van der Waals surface area contributed by atoms with Crippen molar-refractivity contribution >= 4 is 11.8 Å². The molecule has 0 saturated heterocycles. The molecule has 1 aliphatic carbocycles. The van der Waals surface area contributed by atoms with E-state index in [1.165, 1.54) is 54.9 Å². The van der Waals surface area contributed by atoms with Crippen LogP contribution in [-0.2, 0) is 0 Å². The van der Waals surface area contributed by atoms with E-state index in [0.29, 0.717) is 0 Å². The van der Waals surface area contributed by atoms with Crippen molar-refractivity contribution in [2.45, 2.75) is 56.9 Å². The highest BCUT2D eigenvalue weighted by Crippen LogP contribution is 2.31. The summed E-state index contributed by atoms with van der Waals surface area (Å²) in [5.74, 6) is 2.17. The van der Waals surface area contributed by atoms with Crippen LogP contribution in [0.15, 0.2) is 29.2 Å². The average Bonchev–Trinajstić information content (AvgIpc) is 2.84. The first kappa shape index (κ1) is 14.9. The second-order valence-corrected chi connectivity index (χ2v) is 6.87. The van der Waals surface area contributed by atoms with Gasteiger partial charge in [0.25, 0.3) is 0 Å². The maximum absolute atomic E-state index is 3.73. The molecular formula is C17H27NS. The maximum atomic E-state index is 3.73. The first-order chi connectivity index (χ1) is 9.29. The summed E-state index contributed by atoms with van der Waals surface area (Å²) in [7, 11) is 0. The van der Waals surface area contributed by atoms with Crippen molar-refractivity contribution in [1.82, 2.24) is 5.32 Å². The molecule has 1 fully saturated rings.